The number of nitrogens with zero attached hydrogens (tertiary/aromatic N) is 2. The number of benzene rings is 2. The third kappa shape index (κ3) is 4.11. The van der Waals surface area contributed by atoms with E-state index in [1.165, 1.54) is 7.11 Å². The summed E-state index contributed by atoms with van der Waals surface area (Å²) >= 11 is 0. The third-order valence-electron chi connectivity index (χ3n) is 4.45. The number of rotatable bonds is 6. The number of esters is 1. The normalized spacial score (nSPS) is 10.6. The van der Waals surface area contributed by atoms with Crippen molar-refractivity contribution in [1.82, 2.24) is 9.88 Å². The van der Waals surface area contributed by atoms with Crippen molar-refractivity contribution in [1.29, 1.82) is 0 Å². The van der Waals surface area contributed by atoms with Gasteiger partial charge in [0.25, 0.3) is 0 Å². The maximum atomic E-state index is 12.4. The molecule has 0 saturated carbocycles. The molecular formula is C21H23N3O3. The largest absolute Gasteiger partial charge is 0.465 e. The van der Waals surface area contributed by atoms with E-state index in [0.717, 1.165) is 22.2 Å². The number of hydrogen-bond donors (Lipinski definition) is 1. The van der Waals surface area contributed by atoms with E-state index in [0.29, 0.717) is 12.1 Å². The van der Waals surface area contributed by atoms with Gasteiger partial charge in [-0.2, -0.15) is 0 Å². The molecule has 0 spiro atoms. The monoisotopic (exact) mass is 365 g/mol. The fraction of sp³-hybridized carbons (Fsp3) is 0.238. The summed E-state index contributed by atoms with van der Waals surface area (Å²) in [6, 6.07) is 15.5. The summed E-state index contributed by atoms with van der Waals surface area (Å²) in [7, 11) is 5.32. The van der Waals surface area contributed by atoms with Crippen LogP contribution in [0.5, 0.6) is 0 Å². The maximum Gasteiger partial charge on any atom is 0.340 e. The highest BCUT2D eigenvalue weighted by molar-refractivity contribution is 6.04. The molecule has 6 nitrogen and oxygen atoms in total. The maximum absolute atomic E-state index is 12.4. The minimum absolute atomic E-state index is 0.121. The molecule has 1 N–H and O–H groups in total. The highest BCUT2D eigenvalue weighted by Gasteiger charge is 2.16. The van der Waals surface area contributed by atoms with Crippen LogP contribution in [0.15, 0.2) is 54.7 Å². The zero-order valence-corrected chi connectivity index (χ0v) is 15.7. The van der Waals surface area contributed by atoms with Gasteiger partial charge in [-0.1, -0.05) is 30.3 Å². The number of hydrogen-bond acceptors (Lipinski definition) is 4. The predicted octanol–water partition coefficient (Wildman–Crippen LogP) is 2.81. The van der Waals surface area contributed by atoms with E-state index in [1.807, 2.05) is 67.5 Å². The van der Waals surface area contributed by atoms with E-state index >= 15 is 0 Å². The Labute approximate surface area is 158 Å². The first-order valence-electron chi connectivity index (χ1n) is 8.68. The fourth-order valence-corrected chi connectivity index (χ4v) is 2.97. The second kappa shape index (κ2) is 7.95. The molecule has 0 aliphatic rings. The quantitative estimate of drug-likeness (QED) is 0.683. The molecule has 0 aliphatic carbocycles. The molecule has 0 fully saturated rings. The minimum atomic E-state index is -0.411. The lowest BCUT2D eigenvalue weighted by molar-refractivity contribution is -0.121. The number of carbonyl (C=O) groups is 2. The lowest BCUT2D eigenvalue weighted by atomic mass is 10.2. The topological polar surface area (TPSA) is 63.6 Å². The van der Waals surface area contributed by atoms with Gasteiger partial charge in [0.2, 0.25) is 5.91 Å². The standard InChI is InChI=1S/C21H23N3O3/c1-23(2)16-10-8-15(9-11-16)12-22-20(25)14-24-13-18(21(26)27-3)17-6-4-5-7-19(17)24/h4-11,13H,12,14H2,1-3H3,(H,22,25). The number of fused-ring (bicyclic) bond motifs is 1. The van der Waals surface area contributed by atoms with Gasteiger partial charge in [-0.05, 0) is 23.8 Å². The van der Waals surface area contributed by atoms with Crippen LogP contribution in [0.2, 0.25) is 0 Å². The SMILES string of the molecule is COC(=O)c1cn(CC(=O)NCc2ccc(N(C)C)cc2)c2ccccc12. The summed E-state index contributed by atoms with van der Waals surface area (Å²) in [5, 5.41) is 3.70. The predicted molar refractivity (Wildman–Crippen MR) is 106 cm³/mol. The van der Waals surface area contributed by atoms with Gasteiger partial charge in [0.15, 0.2) is 0 Å². The van der Waals surface area contributed by atoms with E-state index in [1.54, 1.807) is 10.8 Å². The second-order valence-electron chi connectivity index (χ2n) is 6.52. The lowest BCUT2D eigenvalue weighted by Crippen LogP contribution is -2.26. The molecule has 6 heteroatoms. The molecule has 0 saturated heterocycles. The number of nitrogens with one attached hydrogen (secondary N) is 1. The Bertz CT molecular complexity index is 958. The lowest BCUT2D eigenvalue weighted by Gasteiger charge is -2.13. The van der Waals surface area contributed by atoms with Gasteiger partial charge in [-0.15, -0.1) is 0 Å². The zero-order valence-electron chi connectivity index (χ0n) is 15.7. The summed E-state index contributed by atoms with van der Waals surface area (Å²) in [4.78, 5) is 26.4. The summed E-state index contributed by atoms with van der Waals surface area (Å²) < 4.78 is 6.61. The van der Waals surface area contributed by atoms with Gasteiger partial charge in [-0.25, -0.2) is 4.79 Å². The average Bonchev–Trinajstić information content (AvgIpc) is 3.04. The summed E-state index contributed by atoms with van der Waals surface area (Å²) in [5.74, 6) is -0.532. The molecule has 0 bridgehead atoms. The van der Waals surface area contributed by atoms with Crippen molar-refractivity contribution < 1.29 is 14.3 Å². The number of methoxy groups -OCH3 is 1. The zero-order chi connectivity index (χ0) is 19.4. The Morgan fingerprint density at radius 3 is 2.44 bits per heavy atom. The molecular weight excluding hydrogens is 342 g/mol. The van der Waals surface area contributed by atoms with Gasteiger partial charge in [-0.3, -0.25) is 4.79 Å². The highest BCUT2D eigenvalue weighted by atomic mass is 16.5. The Morgan fingerprint density at radius 1 is 1.07 bits per heavy atom. The van der Waals surface area contributed by atoms with Crippen LogP contribution in [0.1, 0.15) is 15.9 Å². The molecule has 140 valence electrons. The van der Waals surface area contributed by atoms with Crippen molar-refractivity contribution in [3.63, 3.8) is 0 Å². The third-order valence-corrected chi connectivity index (χ3v) is 4.45. The van der Waals surface area contributed by atoms with Crippen molar-refractivity contribution in [2.75, 3.05) is 26.1 Å². The number of anilines is 1. The van der Waals surface area contributed by atoms with E-state index < -0.39 is 5.97 Å². The van der Waals surface area contributed by atoms with Crippen LogP contribution in [-0.2, 0) is 22.6 Å². The van der Waals surface area contributed by atoms with Crippen LogP contribution >= 0.6 is 0 Å². The molecule has 3 aromatic rings. The summed E-state index contributed by atoms with van der Waals surface area (Å²) in [6.45, 7) is 0.586. The molecule has 1 amide bonds. The van der Waals surface area contributed by atoms with Gasteiger partial charge in [0.1, 0.15) is 6.54 Å². The van der Waals surface area contributed by atoms with Crippen molar-refractivity contribution in [3.8, 4) is 0 Å². The molecule has 1 heterocycles. The minimum Gasteiger partial charge on any atom is -0.465 e. The van der Waals surface area contributed by atoms with E-state index in [2.05, 4.69) is 5.32 Å². The van der Waals surface area contributed by atoms with Crippen LogP contribution in [0.3, 0.4) is 0 Å². The number of amides is 1. The molecule has 0 unspecified atom stereocenters. The van der Waals surface area contributed by atoms with Gasteiger partial charge < -0.3 is 19.5 Å². The number of carbonyl (C=O) groups excluding carboxylic acids is 2. The Kier molecular flexibility index (Phi) is 5.45. The van der Waals surface area contributed by atoms with Crippen LogP contribution < -0.4 is 10.2 Å². The van der Waals surface area contributed by atoms with Gasteiger partial charge in [0.05, 0.1) is 12.7 Å². The van der Waals surface area contributed by atoms with E-state index in [4.69, 9.17) is 4.74 Å². The van der Waals surface area contributed by atoms with Crippen molar-refractivity contribution >= 4 is 28.5 Å². The molecule has 0 atom stereocenters. The van der Waals surface area contributed by atoms with Gasteiger partial charge >= 0.3 is 5.97 Å². The number of para-hydroxylation sites is 1. The molecule has 0 radical (unpaired) electrons. The van der Waals surface area contributed by atoms with Crippen LogP contribution in [0.4, 0.5) is 5.69 Å². The Morgan fingerprint density at radius 2 is 1.78 bits per heavy atom. The van der Waals surface area contributed by atoms with Crippen LogP contribution in [0.25, 0.3) is 10.9 Å². The highest BCUT2D eigenvalue weighted by Crippen LogP contribution is 2.22. The first-order valence-corrected chi connectivity index (χ1v) is 8.68. The van der Waals surface area contributed by atoms with Gasteiger partial charge in [0, 0.05) is 43.4 Å². The van der Waals surface area contributed by atoms with Crippen LogP contribution in [0, 0.1) is 0 Å². The van der Waals surface area contributed by atoms with Crippen molar-refractivity contribution in [2.24, 2.45) is 0 Å². The molecule has 0 aliphatic heterocycles. The average molecular weight is 365 g/mol. The van der Waals surface area contributed by atoms with Crippen molar-refractivity contribution in [2.45, 2.75) is 13.1 Å². The first-order chi connectivity index (χ1) is 13.0. The Hall–Kier alpha value is -3.28. The van der Waals surface area contributed by atoms with E-state index in [9.17, 15) is 9.59 Å². The first kappa shape index (κ1) is 18.5. The second-order valence-corrected chi connectivity index (χ2v) is 6.52. The smallest absolute Gasteiger partial charge is 0.340 e. The van der Waals surface area contributed by atoms with E-state index in [-0.39, 0.29) is 12.5 Å². The summed E-state index contributed by atoms with van der Waals surface area (Å²) in [6.07, 6.45) is 1.67. The molecule has 27 heavy (non-hydrogen) atoms. The number of ether oxygens (including phenoxy) is 1. The Balaban J connectivity index is 1.70. The van der Waals surface area contributed by atoms with Crippen molar-refractivity contribution in [3.05, 3.63) is 65.9 Å². The van der Waals surface area contributed by atoms with Crippen LogP contribution in [-0.4, -0.2) is 37.6 Å². The number of aromatic nitrogens is 1. The molecule has 3 rings (SSSR count). The summed E-state index contributed by atoms with van der Waals surface area (Å²) in [5.41, 5.74) is 3.42. The molecule has 2 aromatic carbocycles. The molecule has 1 aromatic heterocycles. The fourth-order valence-electron chi connectivity index (χ4n) is 2.97.